The highest BCUT2D eigenvalue weighted by Crippen LogP contribution is 2.23. The molecule has 106 valence electrons. The quantitative estimate of drug-likeness (QED) is 0.884. The number of nitrogens with zero attached hydrogens (tertiary/aromatic N) is 3. The predicted octanol–water partition coefficient (Wildman–Crippen LogP) is 3.32. The topological polar surface area (TPSA) is 41.0 Å². The third-order valence-corrected chi connectivity index (χ3v) is 3.96. The van der Waals surface area contributed by atoms with Crippen molar-refractivity contribution < 1.29 is 0 Å². The first-order valence-electron chi connectivity index (χ1n) is 7.64. The minimum Gasteiger partial charge on any atom is -0.370 e. The molecule has 0 saturated carbocycles. The first-order chi connectivity index (χ1) is 9.33. The zero-order valence-corrected chi connectivity index (χ0v) is 12.2. The largest absolute Gasteiger partial charge is 0.370 e. The van der Waals surface area contributed by atoms with E-state index in [1.54, 1.807) is 6.33 Å². The lowest BCUT2D eigenvalue weighted by atomic mass is 9.98. The molecule has 1 fully saturated rings. The molecular weight excluding hydrogens is 236 g/mol. The summed E-state index contributed by atoms with van der Waals surface area (Å²) in [5.74, 6) is 2.91. The van der Waals surface area contributed by atoms with E-state index in [1.807, 2.05) is 0 Å². The van der Waals surface area contributed by atoms with E-state index in [1.165, 1.54) is 25.7 Å². The third-order valence-electron chi connectivity index (χ3n) is 3.96. The van der Waals surface area contributed by atoms with Crippen molar-refractivity contribution in [2.45, 2.75) is 46.0 Å². The summed E-state index contributed by atoms with van der Waals surface area (Å²) in [7, 11) is 0. The van der Waals surface area contributed by atoms with E-state index < -0.39 is 0 Å². The number of anilines is 2. The molecule has 0 spiro atoms. The van der Waals surface area contributed by atoms with Crippen LogP contribution >= 0.6 is 0 Å². The van der Waals surface area contributed by atoms with Crippen molar-refractivity contribution in [3.05, 3.63) is 12.4 Å². The van der Waals surface area contributed by atoms with E-state index >= 15 is 0 Å². The fourth-order valence-corrected chi connectivity index (χ4v) is 2.67. The minimum absolute atomic E-state index is 0.893. The molecule has 0 aliphatic carbocycles. The summed E-state index contributed by atoms with van der Waals surface area (Å²) >= 11 is 0. The monoisotopic (exact) mass is 262 g/mol. The number of hydrogen-bond acceptors (Lipinski definition) is 4. The van der Waals surface area contributed by atoms with Gasteiger partial charge in [-0.25, -0.2) is 9.97 Å². The Morgan fingerprint density at radius 1 is 1.26 bits per heavy atom. The highest BCUT2D eigenvalue weighted by molar-refractivity contribution is 5.48. The van der Waals surface area contributed by atoms with Gasteiger partial charge >= 0.3 is 0 Å². The van der Waals surface area contributed by atoms with Gasteiger partial charge in [-0.05, 0) is 31.6 Å². The lowest BCUT2D eigenvalue weighted by molar-refractivity contribution is 0.459. The molecule has 1 aromatic heterocycles. The first-order valence-corrected chi connectivity index (χ1v) is 7.64. The Labute approximate surface area is 116 Å². The molecule has 0 aromatic carbocycles. The number of rotatable bonds is 5. The van der Waals surface area contributed by atoms with Gasteiger partial charge < -0.3 is 10.2 Å². The predicted molar refractivity (Wildman–Crippen MR) is 80.7 cm³/mol. The molecule has 1 atom stereocenters. The molecule has 1 aliphatic rings. The first kappa shape index (κ1) is 14.1. The lowest BCUT2D eigenvalue weighted by Gasteiger charge is -2.22. The Bertz CT molecular complexity index is 380. The molecule has 1 N–H and O–H groups in total. The van der Waals surface area contributed by atoms with Crippen molar-refractivity contribution in [1.29, 1.82) is 0 Å². The SMILES string of the molecule is CCCNc1cc(N2CCCC(CC)CC2)ncn1. The van der Waals surface area contributed by atoms with Crippen LogP contribution in [-0.4, -0.2) is 29.6 Å². The van der Waals surface area contributed by atoms with Crippen molar-refractivity contribution in [2.75, 3.05) is 29.9 Å². The van der Waals surface area contributed by atoms with Crippen LogP contribution in [0.3, 0.4) is 0 Å². The molecule has 2 rings (SSSR count). The second kappa shape index (κ2) is 7.31. The van der Waals surface area contributed by atoms with Gasteiger partial charge in [0.1, 0.15) is 18.0 Å². The van der Waals surface area contributed by atoms with Crippen LogP contribution in [0.4, 0.5) is 11.6 Å². The van der Waals surface area contributed by atoms with Crippen LogP contribution in [-0.2, 0) is 0 Å². The van der Waals surface area contributed by atoms with E-state index in [2.05, 4.69) is 40.1 Å². The molecule has 1 aromatic rings. The Morgan fingerprint density at radius 3 is 2.95 bits per heavy atom. The molecule has 0 radical (unpaired) electrons. The third kappa shape index (κ3) is 4.08. The summed E-state index contributed by atoms with van der Waals surface area (Å²) in [6.45, 7) is 7.68. The van der Waals surface area contributed by atoms with Crippen molar-refractivity contribution >= 4 is 11.6 Å². The summed E-state index contributed by atoms with van der Waals surface area (Å²) in [6.07, 6.45) is 8.02. The summed E-state index contributed by atoms with van der Waals surface area (Å²) in [4.78, 5) is 11.1. The highest BCUT2D eigenvalue weighted by Gasteiger charge is 2.17. The summed E-state index contributed by atoms with van der Waals surface area (Å²) < 4.78 is 0. The zero-order valence-electron chi connectivity index (χ0n) is 12.2. The van der Waals surface area contributed by atoms with Gasteiger partial charge in [0, 0.05) is 25.7 Å². The van der Waals surface area contributed by atoms with Crippen molar-refractivity contribution in [1.82, 2.24) is 9.97 Å². The number of nitrogens with one attached hydrogen (secondary N) is 1. The Hall–Kier alpha value is -1.32. The van der Waals surface area contributed by atoms with Crippen molar-refractivity contribution in [2.24, 2.45) is 5.92 Å². The van der Waals surface area contributed by atoms with E-state index in [9.17, 15) is 0 Å². The Kier molecular flexibility index (Phi) is 5.43. The molecule has 0 amide bonds. The van der Waals surface area contributed by atoms with E-state index in [4.69, 9.17) is 0 Å². The van der Waals surface area contributed by atoms with Gasteiger partial charge in [0.15, 0.2) is 0 Å². The number of aromatic nitrogens is 2. The van der Waals surface area contributed by atoms with Crippen LogP contribution in [0.25, 0.3) is 0 Å². The maximum atomic E-state index is 4.44. The van der Waals surface area contributed by atoms with Crippen LogP contribution in [0.15, 0.2) is 12.4 Å². The van der Waals surface area contributed by atoms with Crippen molar-refractivity contribution in [3.63, 3.8) is 0 Å². The second-order valence-corrected chi connectivity index (χ2v) is 5.38. The van der Waals surface area contributed by atoms with Gasteiger partial charge in [-0.15, -0.1) is 0 Å². The highest BCUT2D eigenvalue weighted by atomic mass is 15.2. The van der Waals surface area contributed by atoms with Gasteiger partial charge in [0.05, 0.1) is 0 Å². The minimum atomic E-state index is 0.893. The molecule has 1 aliphatic heterocycles. The number of hydrogen-bond donors (Lipinski definition) is 1. The second-order valence-electron chi connectivity index (χ2n) is 5.38. The van der Waals surface area contributed by atoms with Crippen molar-refractivity contribution in [3.8, 4) is 0 Å². The maximum absolute atomic E-state index is 4.44. The molecule has 19 heavy (non-hydrogen) atoms. The lowest BCUT2D eigenvalue weighted by Crippen LogP contribution is -2.25. The molecule has 1 unspecified atom stereocenters. The fraction of sp³-hybridized carbons (Fsp3) is 0.733. The van der Waals surface area contributed by atoms with Gasteiger partial charge in [-0.2, -0.15) is 0 Å². The zero-order chi connectivity index (χ0) is 13.5. The Balaban J connectivity index is 2.00. The van der Waals surface area contributed by atoms with E-state index in [0.717, 1.165) is 43.6 Å². The molecule has 1 saturated heterocycles. The van der Waals surface area contributed by atoms with Gasteiger partial charge in [-0.3, -0.25) is 0 Å². The van der Waals surface area contributed by atoms with Crippen LogP contribution < -0.4 is 10.2 Å². The van der Waals surface area contributed by atoms with Crippen LogP contribution in [0.2, 0.25) is 0 Å². The van der Waals surface area contributed by atoms with Crippen LogP contribution in [0.5, 0.6) is 0 Å². The molecule has 2 heterocycles. The van der Waals surface area contributed by atoms with Crippen LogP contribution in [0.1, 0.15) is 46.0 Å². The van der Waals surface area contributed by atoms with Gasteiger partial charge in [0.2, 0.25) is 0 Å². The van der Waals surface area contributed by atoms with Crippen LogP contribution in [0, 0.1) is 5.92 Å². The summed E-state index contributed by atoms with van der Waals surface area (Å²) in [5.41, 5.74) is 0. The standard InChI is InChI=1S/C15H26N4/c1-3-8-16-14-11-15(18-12-17-14)19-9-5-6-13(4-2)7-10-19/h11-13H,3-10H2,1-2H3,(H,16,17,18). The van der Waals surface area contributed by atoms with Gasteiger partial charge in [-0.1, -0.05) is 20.3 Å². The van der Waals surface area contributed by atoms with E-state index in [-0.39, 0.29) is 0 Å². The average molecular weight is 262 g/mol. The maximum Gasteiger partial charge on any atom is 0.134 e. The molecule has 0 bridgehead atoms. The molecule has 4 heteroatoms. The molecule has 4 nitrogen and oxygen atoms in total. The Morgan fingerprint density at radius 2 is 2.16 bits per heavy atom. The fourth-order valence-electron chi connectivity index (χ4n) is 2.67. The van der Waals surface area contributed by atoms with E-state index in [0.29, 0.717) is 0 Å². The van der Waals surface area contributed by atoms with Gasteiger partial charge in [0.25, 0.3) is 0 Å². The summed E-state index contributed by atoms with van der Waals surface area (Å²) in [5, 5.41) is 3.33. The smallest absolute Gasteiger partial charge is 0.134 e. The molecular formula is C15H26N4. The summed E-state index contributed by atoms with van der Waals surface area (Å²) in [6, 6.07) is 2.09. The average Bonchev–Trinajstić information content (AvgIpc) is 2.71. The normalized spacial score (nSPS) is 20.1.